The van der Waals surface area contributed by atoms with Crippen LogP contribution in [0.2, 0.25) is 0 Å². The van der Waals surface area contributed by atoms with E-state index in [1.54, 1.807) is 0 Å². The highest BCUT2D eigenvalue weighted by Gasteiger charge is 2.25. The van der Waals surface area contributed by atoms with Gasteiger partial charge in [-0.25, -0.2) is 9.97 Å². The minimum Gasteiger partial charge on any atom is -0.333 e. The second-order valence-electron chi connectivity index (χ2n) is 7.06. The first-order valence-corrected chi connectivity index (χ1v) is 9.19. The van der Waals surface area contributed by atoms with Gasteiger partial charge < -0.3 is 9.47 Å². The number of pyridine rings is 1. The fraction of sp³-hybridized carbons (Fsp3) is 0.526. The molecule has 0 saturated carbocycles. The van der Waals surface area contributed by atoms with Crippen molar-refractivity contribution in [1.29, 1.82) is 0 Å². The summed E-state index contributed by atoms with van der Waals surface area (Å²) in [5.41, 5.74) is 3.72. The summed E-state index contributed by atoms with van der Waals surface area (Å²) in [4.78, 5) is 26.4. The third-order valence-electron chi connectivity index (χ3n) is 5.17. The maximum absolute atomic E-state index is 12.9. The highest BCUT2D eigenvalue weighted by molar-refractivity contribution is 5.92. The molecular weight excluding hydrogens is 314 g/mol. The Balaban J connectivity index is 1.55. The molecule has 1 amide bonds. The molecule has 6 heteroatoms. The topological polar surface area (TPSA) is 54.3 Å². The molecule has 0 spiro atoms. The Bertz CT molecular complexity index is 763. The highest BCUT2D eigenvalue weighted by atomic mass is 16.2. The molecule has 0 unspecified atom stereocenters. The quantitative estimate of drug-likeness (QED) is 0.860. The van der Waals surface area contributed by atoms with Crippen LogP contribution in [0, 0.1) is 6.92 Å². The number of likely N-dealkylation sites (tertiary alicyclic amines) is 1. The van der Waals surface area contributed by atoms with Crippen LogP contribution in [0.4, 0.5) is 0 Å². The molecule has 4 rings (SSSR count). The highest BCUT2D eigenvalue weighted by Crippen LogP contribution is 2.20. The largest absolute Gasteiger partial charge is 0.333 e. The Labute approximate surface area is 148 Å². The molecule has 0 aliphatic carbocycles. The van der Waals surface area contributed by atoms with Crippen LogP contribution in [0.1, 0.15) is 46.8 Å². The molecule has 4 heterocycles. The molecule has 6 nitrogen and oxygen atoms in total. The molecule has 0 radical (unpaired) electrons. The first-order chi connectivity index (χ1) is 12.2. The number of aryl methyl sites for hydroxylation is 2. The summed E-state index contributed by atoms with van der Waals surface area (Å²) in [6.07, 6.45) is 5.45. The van der Waals surface area contributed by atoms with Crippen LogP contribution < -0.4 is 0 Å². The number of aromatic nitrogens is 3. The summed E-state index contributed by atoms with van der Waals surface area (Å²) in [6, 6.07) is 5.63. The van der Waals surface area contributed by atoms with Gasteiger partial charge in [-0.2, -0.15) is 0 Å². The van der Waals surface area contributed by atoms with Gasteiger partial charge in [0.05, 0.1) is 24.3 Å². The maximum atomic E-state index is 12.9. The van der Waals surface area contributed by atoms with Crippen LogP contribution in [0.25, 0.3) is 0 Å². The number of fused-ring (bicyclic) bond motifs is 1. The summed E-state index contributed by atoms with van der Waals surface area (Å²) in [6.45, 7) is 7.43. The van der Waals surface area contributed by atoms with E-state index in [0.717, 1.165) is 50.5 Å². The van der Waals surface area contributed by atoms with E-state index in [9.17, 15) is 4.79 Å². The van der Waals surface area contributed by atoms with E-state index in [4.69, 9.17) is 0 Å². The minimum atomic E-state index is 0.0190. The Hall–Kier alpha value is -2.21. The number of amides is 1. The van der Waals surface area contributed by atoms with Crippen LogP contribution in [0.3, 0.4) is 0 Å². The zero-order valence-electron chi connectivity index (χ0n) is 14.8. The molecule has 132 valence electrons. The van der Waals surface area contributed by atoms with E-state index in [2.05, 4.69) is 19.4 Å². The number of imidazole rings is 1. The predicted molar refractivity (Wildman–Crippen MR) is 95.1 cm³/mol. The summed E-state index contributed by atoms with van der Waals surface area (Å²) < 4.78 is 2.22. The molecule has 0 bridgehead atoms. The fourth-order valence-corrected chi connectivity index (χ4v) is 3.80. The number of carbonyl (C=O) groups is 1. The summed E-state index contributed by atoms with van der Waals surface area (Å²) >= 11 is 0. The van der Waals surface area contributed by atoms with Crippen molar-refractivity contribution in [2.24, 2.45) is 0 Å². The summed E-state index contributed by atoms with van der Waals surface area (Å²) in [5.74, 6) is 0.0190. The normalized spacial score (nSPS) is 18.2. The zero-order chi connectivity index (χ0) is 17.2. The standard InChI is InChI=1S/C19H25N5O/c1-15-6-4-7-16(21-15)19(25)23-10-5-11-24-14-20-17(18(24)13-23)12-22-8-2-3-9-22/h4,6-7,14H,2-3,5,8-13H2,1H3. The molecule has 2 aromatic heterocycles. The maximum Gasteiger partial charge on any atom is 0.272 e. The van der Waals surface area contributed by atoms with Crippen molar-refractivity contribution in [1.82, 2.24) is 24.3 Å². The molecule has 2 aromatic rings. The predicted octanol–water partition coefficient (Wildman–Crippen LogP) is 2.23. The van der Waals surface area contributed by atoms with E-state index >= 15 is 0 Å². The molecule has 2 aliphatic heterocycles. The number of carbonyl (C=O) groups excluding carboxylic acids is 1. The summed E-state index contributed by atoms with van der Waals surface area (Å²) in [7, 11) is 0. The van der Waals surface area contributed by atoms with Crippen molar-refractivity contribution in [3.63, 3.8) is 0 Å². The molecule has 0 aromatic carbocycles. The van der Waals surface area contributed by atoms with Crippen molar-refractivity contribution in [3.05, 3.63) is 47.3 Å². The van der Waals surface area contributed by atoms with Gasteiger partial charge in [-0.05, 0) is 51.4 Å². The SMILES string of the molecule is Cc1cccc(C(=O)N2CCCn3cnc(CN4CCCC4)c3C2)n1. The number of hydrogen-bond donors (Lipinski definition) is 0. The van der Waals surface area contributed by atoms with Crippen LogP contribution in [-0.4, -0.2) is 49.9 Å². The van der Waals surface area contributed by atoms with Crippen molar-refractivity contribution < 1.29 is 4.79 Å². The van der Waals surface area contributed by atoms with Gasteiger partial charge in [0.15, 0.2) is 0 Å². The number of hydrogen-bond acceptors (Lipinski definition) is 4. The Morgan fingerprint density at radius 1 is 1.12 bits per heavy atom. The lowest BCUT2D eigenvalue weighted by molar-refractivity contribution is 0.0739. The molecule has 0 atom stereocenters. The average molecular weight is 339 g/mol. The molecular formula is C19H25N5O. The number of rotatable bonds is 3. The average Bonchev–Trinajstić information content (AvgIpc) is 3.20. The third kappa shape index (κ3) is 3.44. The Morgan fingerprint density at radius 3 is 2.76 bits per heavy atom. The lowest BCUT2D eigenvalue weighted by Crippen LogP contribution is -2.32. The van der Waals surface area contributed by atoms with Crippen LogP contribution >= 0.6 is 0 Å². The third-order valence-corrected chi connectivity index (χ3v) is 5.17. The Kier molecular flexibility index (Phi) is 4.53. The van der Waals surface area contributed by atoms with Gasteiger partial charge in [0.2, 0.25) is 0 Å². The van der Waals surface area contributed by atoms with E-state index in [1.807, 2.05) is 36.4 Å². The van der Waals surface area contributed by atoms with Crippen LogP contribution in [0.5, 0.6) is 0 Å². The van der Waals surface area contributed by atoms with Crippen molar-refractivity contribution in [2.45, 2.75) is 45.8 Å². The lowest BCUT2D eigenvalue weighted by Gasteiger charge is -2.21. The summed E-state index contributed by atoms with van der Waals surface area (Å²) in [5, 5.41) is 0. The van der Waals surface area contributed by atoms with Gasteiger partial charge in [0.25, 0.3) is 5.91 Å². The van der Waals surface area contributed by atoms with Gasteiger partial charge >= 0.3 is 0 Å². The second kappa shape index (κ2) is 6.96. The molecule has 0 N–H and O–H groups in total. The van der Waals surface area contributed by atoms with Gasteiger partial charge in [-0.3, -0.25) is 9.69 Å². The van der Waals surface area contributed by atoms with E-state index in [0.29, 0.717) is 12.2 Å². The van der Waals surface area contributed by atoms with E-state index in [-0.39, 0.29) is 5.91 Å². The fourth-order valence-electron chi connectivity index (χ4n) is 3.80. The molecule has 1 fully saturated rings. The van der Waals surface area contributed by atoms with Gasteiger partial charge in [0.1, 0.15) is 5.69 Å². The lowest BCUT2D eigenvalue weighted by atomic mass is 10.2. The van der Waals surface area contributed by atoms with E-state index in [1.165, 1.54) is 18.5 Å². The van der Waals surface area contributed by atoms with Gasteiger partial charge in [0, 0.05) is 25.3 Å². The van der Waals surface area contributed by atoms with E-state index < -0.39 is 0 Å². The Morgan fingerprint density at radius 2 is 1.96 bits per heavy atom. The zero-order valence-corrected chi connectivity index (χ0v) is 14.8. The monoisotopic (exact) mass is 339 g/mol. The van der Waals surface area contributed by atoms with Gasteiger partial charge in [-0.15, -0.1) is 0 Å². The first-order valence-electron chi connectivity index (χ1n) is 9.19. The molecule has 2 aliphatic rings. The minimum absolute atomic E-state index is 0.0190. The van der Waals surface area contributed by atoms with Crippen molar-refractivity contribution in [3.8, 4) is 0 Å². The van der Waals surface area contributed by atoms with Gasteiger partial charge in [-0.1, -0.05) is 6.07 Å². The van der Waals surface area contributed by atoms with Crippen molar-refractivity contribution in [2.75, 3.05) is 19.6 Å². The number of nitrogens with zero attached hydrogens (tertiary/aromatic N) is 5. The van der Waals surface area contributed by atoms with Crippen LogP contribution in [0.15, 0.2) is 24.5 Å². The second-order valence-corrected chi connectivity index (χ2v) is 7.06. The molecule has 25 heavy (non-hydrogen) atoms. The van der Waals surface area contributed by atoms with Crippen LogP contribution in [-0.2, 0) is 19.6 Å². The first kappa shape index (κ1) is 16.3. The molecule has 1 saturated heterocycles. The van der Waals surface area contributed by atoms with Crippen molar-refractivity contribution >= 4 is 5.91 Å². The smallest absolute Gasteiger partial charge is 0.272 e.